The van der Waals surface area contributed by atoms with Crippen molar-refractivity contribution in [3.63, 3.8) is 0 Å². The lowest BCUT2D eigenvalue weighted by molar-refractivity contribution is 0.399. The average molecular weight is 272 g/mol. The predicted molar refractivity (Wildman–Crippen MR) is 67.6 cm³/mol. The summed E-state index contributed by atoms with van der Waals surface area (Å²) in [6.07, 6.45) is 2.24. The number of rotatable bonds is 5. The van der Waals surface area contributed by atoms with E-state index in [4.69, 9.17) is 4.74 Å². The zero-order chi connectivity index (χ0) is 11.3. The smallest absolute Gasteiger partial charge is 0.119 e. The molecule has 0 aromatic heterocycles. The fourth-order valence-corrected chi connectivity index (χ4v) is 1.90. The molecular formula is C12H18BrNO. The van der Waals surface area contributed by atoms with Gasteiger partial charge in [0.15, 0.2) is 0 Å². The van der Waals surface area contributed by atoms with Crippen LogP contribution < -0.4 is 4.74 Å². The number of benzene rings is 1. The summed E-state index contributed by atoms with van der Waals surface area (Å²) in [4.78, 5) is 2.20. The van der Waals surface area contributed by atoms with Crippen LogP contribution in [0.5, 0.6) is 5.75 Å². The molecule has 0 saturated heterocycles. The Morgan fingerprint density at radius 3 is 2.67 bits per heavy atom. The van der Waals surface area contributed by atoms with Crippen LogP contribution in [0.4, 0.5) is 0 Å². The number of nitrogens with zero attached hydrogens (tertiary/aromatic N) is 1. The van der Waals surface area contributed by atoms with Crippen molar-refractivity contribution in [2.24, 2.45) is 0 Å². The molecule has 84 valence electrons. The largest absolute Gasteiger partial charge is 0.497 e. The van der Waals surface area contributed by atoms with Crippen LogP contribution in [-0.2, 0) is 6.42 Å². The molecule has 0 aliphatic carbocycles. The minimum Gasteiger partial charge on any atom is -0.497 e. The second-order valence-electron chi connectivity index (χ2n) is 3.86. The molecule has 0 aliphatic heterocycles. The Hall–Kier alpha value is -0.540. The van der Waals surface area contributed by atoms with E-state index in [0.29, 0.717) is 0 Å². The zero-order valence-electron chi connectivity index (χ0n) is 9.59. The Kier molecular flexibility index (Phi) is 5.12. The monoisotopic (exact) mass is 271 g/mol. The first-order valence-electron chi connectivity index (χ1n) is 5.10. The quantitative estimate of drug-likeness (QED) is 0.817. The standard InChI is InChI=1S/C12H18BrNO/c1-14(2)8-4-5-10-9-11(15-3)6-7-12(10)13/h6-7,9H,4-5,8H2,1-3H3. The van der Waals surface area contributed by atoms with E-state index in [9.17, 15) is 0 Å². The van der Waals surface area contributed by atoms with E-state index in [1.54, 1.807) is 7.11 Å². The highest BCUT2D eigenvalue weighted by molar-refractivity contribution is 9.10. The van der Waals surface area contributed by atoms with Crippen molar-refractivity contribution in [2.45, 2.75) is 12.8 Å². The van der Waals surface area contributed by atoms with Gasteiger partial charge >= 0.3 is 0 Å². The molecule has 0 amide bonds. The Balaban J connectivity index is 2.59. The lowest BCUT2D eigenvalue weighted by atomic mass is 10.1. The number of hydrogen-bond donors (Lipinski definition) is 0. The van der Waals surface area contributed by atoms with Gasteiger partial charge in [-0.15, -0.1) is 0 Å². The van der Waals surface area contributed by atoms with Gasteiger partial charge in [-0.1, -0.05) is 15.9 Å². The van der Waals surface area contributed by atoms with Gasteiger partial charge in [-0.2, -0.15) is 0 Å². The molecule has 0 fully saturated rings. The van der Waals surface area contributed by atoms with Crippen LogP contribution >= 0.6 is 15.9 Å². The Morgan fingerprint density at radius 1 is 1.33 bits per heavy atom. The summed E-state index contributed by atoms with van der Waals surface area (Å²) in [5, 5.41) is 0. The highest BCUT2D eigenvalue weighted by Crippen LogP contribution is 2.23. The van der Waals surface area contributed by atoms with Crippen molar-refractivity contribution in [3.05, 3.63) is 28.2 Å². The van der Waals surface area contributed by atoms with E-state index < -0.39 is 0 Å². The highest BCUT2D eigenvalue weighted by atomic mass is 79.9. The van der Waals surface area contributed by atoms with Crippen LogP contribution in [0, 0.1) is 0 Å². The molecule has 0 spiro atoms. The van der Waals surface area contributed by atoms with Crippen molar-refractivity contribution >= 4 is 15.9 Å². The van der Waals surface area contributed by atoms with E-state index in [2.05, 4.69) is 41.0 Å². The van der Waals surface area contributed by atoms with E-state index in [1.807, 2.05) is 12.1 Å². The molecule has 0 heterocycles. The van der Waals surface area contributed by atoms with Gasteiger partial charge in [0.25, 0.3) is 0 Å². The fraction of sp³-hybridized carbons (Fsp3) is 0.500. The number of halogens is 1. The molecule has 0 aliphatic rings. The minimum atomic E-state index is 0.929. The maximum absolute atomic E-state index is 5.21. The molecule has 0 atom stereocenters. The van der Waals surface area contributed by atoms with Crippen LogP contribution in [0.3, 0.4) is 0 Å². The normalized spacial score (nSPS) is 10.7. The maximum atomic E-state index is 5.21. The molecule has 1 rings (SSSR count). The van der Waals surface area contributed by atoms with E-state index in [-0.39, 0.29) is 0 Å². The Bertz CT molecular complexity index is 312. The first-order valence-corrected chi connectivity index (χ1v) is 5.90. The van der Waals surface area contributed by atoms with Gasteiger partial charge in [-0.25, -0.2) is 0 Å². The number of methoxy groups -OCH3 is 1. The zero-order valence-corrected chi connectivity index (χ0v) is 11.2. The van der Waals surface area contributed by atoms with Crippen molar-refractivity contribution in [2.75, 3.05) is 27.7 Å². The lowest BCUT2D eigenvalue weighted by Crippen LogP contribution is -2.13. The summed E-state index contributed by atoms with van der Waals surface area (Å²) < 4.78 is 6.37. The van der Waals surface area contributed by atoms with Crippen LogP contribution in [0.1, 0.15) is 12.0 Å². The van der Waals surface area contributed by atoms with Crippen molar-refractivity contribution < 1.29 is 4.74 Å². The predicted octanol–water partition coefficient (Wildman–Crippen LogP) is 2.95. The molecule has 2 nitrogen and oxygen atoms in total. The number of aryl methyl sites for hydroxylation is 1. The summed E-state index contributed by atoms with van der Waals surface area (Å²) in [6, 6.07) is 6.11. The van der Waals surface area contributed by atoms with Crippen LogP contribution in [0.2, 0.25) is 0 Å². The summed E-state index contributed by atoms with van der Waals surface area (Å²) in [5.41, 5.74) is 1.32. The van der Waals surface area contributed by atoms with Gasteiger partial charge in [-0.05, 0) is 57.2 Å². The first kappa shape index (κ1) is 12.5. The molecule has 0 saturated carbocycles. The first-order chi connectivity index (χ1) is 7.13. The van der Waals surface area contributed by atoms with Crippen molar-refractivity contribution in [3.8, 4) is 5.75 Å². The second kappa shape index (κ2) is 6.13. The molecule has 1 aromatic rings. The third-order valence-corrected chi connectivity index (χ3v) is 3.08. The second-order valence-corrected chi connectivity index (χ2v) is 4.72. The Labute approximate surface area is 100 Å². The van der Waals surface area contributed by atoms with Gasteiger partial charge in [0.1, 0.15) is 5.75 Å². The van der Waals surface area contributed by atoms with Crippen molar-refractivity contribution in [1.29, 1.82) is 0 Å². The third-order valence-electron chi connectivity index (χ3n) is 2.30. The minimum absolute atomic E-state index is 0.929. The van der Waals surface area contributed by atoms with Crippen LogP contribution in [0.25, 0.3) is 0 Å². The summed E-state index contributed by atoms with van der Waals surface area (Å²) >= 11 is 3.56. The number of hydrogen-bond acceptors (Lipinski definition) is 2. The lowest BCUT2D eigenvalue weighted by Gasteiger charge is -2.10. The van der Waals surface area contributed by atoms with Crippen LogP contribution in [-0.4, -0.2) is 32.6 Å². The SMILES string of the molecule is COc1ccc(Br)c(CCCN(C)C)c1. The van der Waals surface area contributed by atoms with E-state index >= 15 is 0 Å². The molecule has 0 radical (unpaired) electrons. The van der Waals surface area contributed by atoms with Gasteiger partial charge < -0.3 is 9.64 Å². The summed E-state index contributed by atoms with van der Waals surface area (Å²) in [5.74, 6) is 0.929. The summed E-state index contributed by atoms with van der Waals surface area (Å²) in [6.45, 7) is 1.11. The molecule has 1 aromatic carbocycles. The maximum Gasteiger partial charge on any atom is 0.119 e. The Morgan fingerprint density at radius 2 is 2.07 bits per heavy atom. The van der Waals surface area contributed by atoms with Gasteiger partial charge in [-0.3, -0.25) is 0 Å². The molecule has 0 N–H and O–H groups in total. The molecule has 0 bridgehead atoms. The molecule has 3 heteroatoms. The van der Waals surface area contributed by atoms with Crippen LogP contribution in [0.15, 0.2) is 22.7 Å². The topological polar surface area (TPSA) is 12.5 Å². The van der Waals surface area contributed by atoms with Crippen molar-refractivity contribution in [1.82, 2.24) is 4.90 Å². The van der Waals surface area contributed by atoms with Gasteiger partial charge in [0, 0.05) is 4.47 Å². The van der Waals surface area contributed by atoms with Gasteiger partial charge in [0.2, 0.25) is 0 Å². The average Bonchev–Trinajstić information content (AvgIpc) is 2.20. The van der Waals surface area contributed by atoms with E-state index in [0.717, 1.165) is 18.7 Å². The number of ether oxygens (including phenoxy) is 1. The molecule has 15 heavy (non-hydrogen) atoms. The third kappa shape index (κ3) is 4.22. The highest BCUT2D eigenvalue weighted by Gasteiger charge is 2.02. The fourth-order valence-electron chi connectivity index (χ4n) is 1.46. The van der Waals surface area contributed by atoms with E-state index in [1.165, 1.54) is 16.5 Å². The molecule has 0 unspecified atom stereocenters. The summed E-state index contributed by atoms with van der Waals surface area (Å²) in [7, 11) is 5.90. The van der Waals surface area contributed by atoms with Gasteiger partial charge in [0.05, 0.1) is 7.11 Å². The molecular weight excluding hydrogens is 254 g/mol.